The van der Waals surface area contributed by atoms with E-state index in [1.807, 2.05) is 5.70 Å². The highest BCUT2D eigenvalue weighted by Crippen LogP contribution is 1.63. The lowest BCUT2D eigenvalue weighted by atomic mass is 10.6. The van der Waals surface area contributed by atoms with Gasteiger partial charge in [0, 0.05) is 6.54 Å². The Labute approximate surface area is 56.2 Å². The molecule has 0 fully saturated rings. The predicted molar refractivity (Wildman–Crippen MR) is 39.5 cm³/mol. The van der Waals surface area contributed by atoms with Crippen molar-refractivity contribution in [2.75, 3.05) is 6.54 Å². The number of carbonyl (C=O) groups excluding carboxylic acids is 1. The van der Waals surface area contributed by atoms with Crippen molar-refractivity contribution in [3.8, 4) is 0 Å². The van der Waals surface area contributed by atoms with Crippen molar-refractivity contribution in [2.24, 2.45) is 11.1 Å². The fourth-order valence-corrected chi connectivity index (χ4v) is 0.698. The minimum absolute atomic E-state index is 0.486. The van der Waals surface area contributed by atoms with Crippen LogP contribution < -0.4 is 16.4 Å². The Morgan fingerprint density at radius 1 is 1.78 bits per heavy atom. The smallest absolute Gasteiger partial charge is 0.312 e. The molecule has 0 radical (unpaired) electrons. The average Bonchev–Trinajstić information content (AvgIpc) is 1.80. The van der Waals surface area contributed by atoms with Gasteiger partial charge in [0.05, 0.1) is 0 Å². The summed E-state index contributed by atoms with van der Waals surface area (Å²) in [7, 11) is -0.504. The van der Waals surface area contributed by atoms with Crippen LogP contribution in [0.15, 0.2) is 11.8 Å². The van der Waals surface area contributed by atoms with Gasteiger partial charge in [-0.05, 0) is 0 Å². The Morgan fingerprint density at radius 3 is 2.89 bits per heavy atom. The summed E-state index contributed by atoms with van der Waals surface area (Å²) in [5.41, 5.74) is 6.66. The van der Waals surface area contributed by atoms with Crippen LogP contribution in [0.2, 0.25) is 0 Å². The Balaban J connectivity index is 3.09. The third kappa shape index (κ3) is 7.19. The fraction of sp³-hybridized carbons (Fsp3) is 0.250. The summed E-state index contributed by atoms with van der Waals surface area (Å²) < 4.78 is 0. The van der Waals surface area contributed by atoms with Crippen molar-refractivity contribution < 1.29 is 4.79 Å². The molecule has 0 aromatic heterocycles. The van der Waals surface area contributed by atoms with E-state index in [0.717, 1.165) is 0 Å². The average molecular weight is 145 g/mol. The highest BCUT2D eigenvalue weighted by Gasteiger charge is 1.83. The molecule has 0 aliphatic rings. The molecule has 0 bridgehead atoms. The Kier molecular flexibility index (Phi) is 4.84. The molecular formula is C4H11N3OSi. The molecule has 52 valence electrons. The molecule has 5 heteroatoms. The number of nitrogens with two attached hydrogens (primary N) is 2. The summed E-state index contributed by atoms with van der Waals surface area (Å²) >= 11 is 0. The maximum Gasteiger partial charge on any atom is 0.312 e. The molecule has 2 amide bonds. The van der Waals surface area contributed by atoms with Crippen LogP contribution in [0, 0.1) is 0 Å². The Hall–Kier alpha value is -0.813. The summed E-state index contributed by atoms with van der Waals surface area (Å²) in [5.74, 6) is 0. The molecular weight excluding hydrogens is 134 g/mol. The first-order valence-electron chi connectivity index (χ1n) is 2.65. The van der Waals surface area contributed by atoms with Crippen molar-refractivity contribution in [3.63, 3.8) is 0 Å². The topological polar surface area (TPSA) is 81.1 Å². The van der Waals surface area contributed by atoms with Crippen LogP contribution in [-0.4, -0.2) is 22.3 Å². The van der Waals surface area contributed by atoms with Gasteiger partial charge in [0.2, 0.25) is 0 Å². The summed E-state index contributed by atoms with van der Waals surface area (Å²) in [6, 6.07) is -0.502. The van der Waals surface area contributed by atoms with Gasteiger partial charge in [-0.3, -0.25) is 0 Å². The first-order chi connectivity index (χ1) is 4.27. The molecule has 0 unspecified atom stereocenters. The lowest BCUT2D eigenvalue weighted by Gasteiger charge is -1.92. The number of primary amides is 1. The van der Waals surface area contributed by atoms with Crippen molar-refractivity contribution >= 4 is 15.7 Å². The molecule has 0 aromatic carbocycles. The number of amides is 2. The monoisotopic (exact) mass is 145 g/mol. The number of hydrogen-bond acceptors (Lipinski definition) is 2. The van der Waals surface area contributed by atoms with Gasteiger partial charge in [-0.15, -0.1) is 0 Å². The van der Waals surface area contributed by atoms with Crippen LogP contribution in [0.1, 0.15) is 0 Å². The number of urea groups is 1. The zero-order chi connectivity index (χ0) is 7.11. The van der Waals surface area contributed by atoms with Gasteiger partial charge >= 0.3 is 6.03 Å². The molecule has 0 heterocycles. The van der Waals surface area contributed by atoms with E-state index in [1.54, 1.807) is 6.08 Å². The van der Waals surface area contributed by atoms with Crippen LogP contribution >= 0.6 is 0 Å². The zero-order valence-corrected chi connectivity index (χ0v) is 6.55. The van der Waals surface area contributed by atoms with Gasteiger partial charge in [-0.2, -0.15) is 0 Å². The van der Waals surface area contributed by atoms with Gasteiger partial charge in [0.25, 0.3) is 0 Å². The van der Waals surface area contributed by atoms with E-state index in [0.29, 0.717) is 6.54 Å². The van der Waals surface area contributed by atoms with Gasteiger partial charge < -0.3 is 16.4 Å². The van der Waals surface area contributed by atoms with Gasteiger partial charge in [-0.25, -0.2) is 4.79 Å². The molecule has 9 heavy (non-hydrogen) atoms. The van der Waals surface area contributed by atoms with Gasteiger partial charge in [0.15, 0.2) is 0 Å². The minimum Gasteiger partial charge on any atom is -0.353 e. The molecule has 0 aliphatic carbocycles. The first-order valence-corrected chi connectivity index (χ1v) is 4.29. The Bertz CT molecular complexity index is 114. The van der Waals surface area contributed by atoms with Crippen molar-refractivity contribution in [1.82, 2.24) is 5.32 Å². The molecule has 5 N–H and O–H groups in total. The normalized spacial score (nSPS) is 11.2. The van der Waals surface area contributed by atoms with Crippen molar-refractivity contribution in [1.29, 1.82) is 0 Å². The summed E-state index contributed by atoms with van der Waals surface area (Å²) in [6.07, 6.45) is 1.80. The molecule has 0 spiro atoms. The number of rotatable bonds is 3. The highest BCUT2D eigenvalue weighted by atomic mass is 28.2. The lowest BCUT2D eigenvalue weighted by Crippen LogP contribution is -2.29. The molecule has 0 saturated heterocycles. The largest absolute Gasteiger partial charge is 0.353 e. The van der Waals surface area contributed by atoms with E-state index < -0.39 is 15.7 Å². The van der Waals surface area contributed by atoms with E-state index in [2.05, 4.69) is 5.32 Å². The van der Waals surface area contributed by atoms with Crippen LogP contribution in [0.4, 0.5) is 4.79 Å². The summed E-state index contributed by atoms with van der Waals surface area (Å²) in [5, 5.41) is 7.65. The van der Waals surface area contributed by atoms with E-state index >= 15 is 0 Å². The predicted octanol–water partition coefficient (Wildman–Crippen LogP) is -1.79. The third-order valence-corrected chi connectivity index (χ3v) is 1.30. The van der Waals surface area contributed by atoms with Crippen molar-refractivity contribution in [3.05, 3.63) is 11.8 Å². The zero-order valence-electron chi connectivity index (χ0n) is 5.13. The maximum atomic E-state index is 10.0. The van der Waals surface area contributed by atoms with E-state index in [4.69, 9.17) is 11.1 Å². The second-order valence-electron chi connectivity index (χ2n) is 1.45. The number of nitrogens with one attached hydrogen (secondary N) is 1. The van der Waals surface area contributed by atoms with Crippen LogP contribution in [0.5, 0.6) is 0 Å². The van der Waals surface area contributed by atoms with Gasteiger partial charge in [0.1, 0.15) is 9.68 Å². The molecule has 0 rings (SSSR count). The molecule has 0 atom stereocenters. The second-order valence-corrected chi connectivity index (χ2v) is 2.40. The second kappa shape index (κ2) is 5.33. The number of hydrogen-bond donors (Lipinski definition) is 3. The molecule has 4 nitrogen and oxygen atoms in total. The SMILES string of the molecule is N[SiH2]C=CCNC(N)=O. The maximum absolute atomic E-state index is 10.0. The Morgan fingerprint density at radius 2 is 2.44 bits per heavy atom. The number of carbonyl (C=O) groups is 1. The minimum atomic E-state index is -0.504. The fourth-order valence-electron chi connectivity index (χ4n) is 0.339. The first kappa shape index (κ1) is 8.19. The molecule has 0 aliphatic heterocycles. The van der Waals surface area contributed by atoms with Crippen LogP contribution in [0.25, 0.3) is 0 Å². The van der Waals surface area contributed by atoms with Gasteiger partial charge in [-0.1, -0.05) is 11.8 Å². The molecule has 0 aromatic rings. The van der Waals surface area contributed by atoms with Crippen LogP contribution in [-0.2, 0) is 0 Å². The van der Waals surface area contributed by atoms with Crippen LogP contribution in [0.3, 0.4) is 0 Å². The van der Waals surface area contributed by atoms with E-state index in [9.17, 15) is 4.79 Å². The third-order valence-electron chi connectivity index (χ3n) is 0.697. The quantitative estimate of drug-likeness (QED) is 0.410. The van der Waals surface area contributed by atoms with Crippen molar-refractivity contribution in [2.45, 2.75) is 0 Å². The molecule has 0 saturated carbocycles. The summed E-state index contributed by atoms with van der Waals surface area (Å²) in [4.78, 5) is 10.0. The lowest BCUT2D eigenvalue weighted by molar-refractivity contribution is 0.250. The van der Waals surface area contributed by atoms with E-state index in [-0.39, 0.29) is 0 Å². The highest BCUT2D eigenvalue weighted by molar-refractivity contribution is 6.37. The summed E-state index contributed by atoms with van der Waals surface area (Å²) in [6.45, 7) is 0.486. The van der Waals surface area contributed by atoms with E-state index in [1.165, 1.54) is 0 Å². The standard InChI is InChI=1S/C4H11N3OSi/c5-4(8)7-2-1-3-9-6/h1,3H,2,6,9H2,(H3,5,7,8).